The third kappa shape index (κ3) is 2.35. The fraction of sp³-hybridized carbons (Fsp3) is 0.375. The van der Waals surface area contributed by atoms with Crippen LogP contribution in [0.4, 0.5) is 0 Å². The summed E-state index contributed by atoms with van der Waals surface area (Å²) in [5.74, 6) is 0. The molecular formula is C24H26IrN-. The summed E-state index contributed by atoms with van der Waals surface area (Å²) in [4.78, 5) is 4.69. The van der Waals surface area contributed by atoms with Gasteiger partial charge < -0.3 is 4.98 Å². The molecular weight excluding hydrogens is 494 g/mol. The van der Waals surface area contributed by atoms with Gasteiger partial charge in [-0.1, -0.05) is 53.7 Å². The minimum Gasteiger partial charge on any atom is -0.304 e. The molecule has 1 radical (unpaired) electrons. The quantitative estimate of drug-likeness (QED) is 0.344. The Hall–Kier alpha value is -1.50. The molecule has 0 atom stereocenters. The minimum absolute atomic E-state index is 0. The molecule has 1 nitrogen and oxygen atoms in total. The second-order valence-corrected chi connectivity index (χ2v) is 8.93. The normalized spacial score (nSPS) is 19.0. The van der Waals surface area contributed by atoms with Crippen molar-refractivity contribution in [1.29, 1.82) is 0 Å². The molecule has 1 aliphatic rings. The molecule has 3 aromatic rings. The van der Waals surface area contributed by atoms with Gasteiger partial charge in [-0.2, -0.15) is 0 Å². The smallest absolute Gasteiger partial charge is 0.0167 e. The van der Waals surface area contributed by atoms with Crippen LogP contribution in [0.2, 0.25) is 0 Å². The maximum absolute atomic E-state index is 4.69. The van der Waals surface area contributed by atoms with Crippen molar-refractivity contribution in [3.8, 4) is 11.3 Å². The van der Waals surface area contributed by atoms with Crippen LogP contribution >= 0.6 is 0 Å². The van der Waals surface area contributed by atoms with Crippen molar-refractivity contribution in [2.75, 3.05) is 0 Å². The van der Waals surface area contributed by atoms with Crippen molar-refractivity contribution >= 4 is 10.8 Å². The maximum atomic E-state index is 4.69. The summed E-state index contributed by atoms with van der Waals surface area (Å²) >= 11 is 0. The SMILES string of the molecule is CC1(C)c2cc3ccnc(-c4[c-]cccc4)c3cc2C(C)(C)C1(C)C.[Ir]. The Balaban J connectivity index is 0.00000196. The Kier molecular flexibility index (Phi) is 4.45. The van der Waals surface area contributed by atoms with E-state index < -0.39 is 0 Å². The predicted molar refractivity (Wildman–Crippen MR) is 106 cm³/mol. The summed E-state index contributed by atoms with van der Waals surface area (Å²) in [5.41, 5.74) is 5.42. The van der Waals surface area contributed by atoms with Crippen LogP contribution < -0.4 is 0 Å². The molecule has 0 aliphatic heterocycles. The first-order chi connectivity index (χ1) is 11.7. The van der Waals surface area contributed by atoms with Crippen LogP contribution in [0.1, 0.15) is 52.7 Å². The van der Waals surface area contributed by atoms with Crippen molar-refractivity contribution in [1.82, 2.24) is 4.98 Å². The van der Waals surface area contributed by atoms with Gasteiger partial charge in [-0.05, 0) is 49.9 Å². The predicted octanol–water partition coefficient (Wildman–Crippen LogP) is 6.29. The molecule has 0 bridgehead atoms. The van der Waals surface area contributed by atoms with E-state index in [1.54, 1.807) is 0 Å². The number of nitrogens with zero attached hydrogens (tertiary/aromatic N) is 1. The summed E-state index contributed by atoms with van der Waals surface area (Å²) in [5, 5.41) is 2.49. The second-order valence-electron chi connectivity index (χ2n) is 8.93. The van der Waals surface area contributed by atoms with Gasteiger partial charge in [-0.25, -0.2) is 0 Å². The molecule has 2 aromatic carbocycles. The molecule has 1 heterocycles. The molecule has 0 fully saturated rings. The number of hydrogen-bond acceptors (Lipinski definition) is 1. The summed E-state index contributed by atoms with van der Waals surface area (Å²) in [6.07, 6.45) is 1.92. The van der Waals surface area contributed by atoms with Crippen LogP contribution in [0.15, 0.2) is 48.7 Å². The van der Waals surface area contributed by atoms with E-state index in [1.165, 1.54) is 21.9 Å². The van der Waals surface area contributed by atoms with Gasteiger partial charge >= 0.3 is 0 Å². The van der Waals surface area contributed by atoms with Crippen molar-refractivity contribution in [2.24, 2.45) is 5.41 Å². The Bertz CT molecular complexity index is 968. The Morgan fingerprint density at radius 1 is 0.846 bits per heavy atom. The largest absolute Gasteiger partial charge is 0.304 e. The third-order valence-electron chi connectivity index (χ3n) is 7.34. The van der Waals surface area contributed by atoms with E-state index in [0.29, 0.717) is 0 Å². The molecule has 0 spiro atoms. The number of aromatic nitrogens is 1. The molecule has 0 N–H and O–H groups in total. The molecule has 0 unspecified atom stereocenters. The van der Waals surface area contributed by atoms with E-state index in [-0.39, 0.29) is 36.4 Å². The van der Waals surface area contributed by atoms with Gasteiger partial charge in [0.25, 0.3) is 0 Å². The van der Waals surface area contributed by atoms with Crippen LogP contribution in [0.25, 0.3) is 22.0 Å². The summed E-state index contributed by atoms with van der Waals surface area (Å²) in [6, 6.07) is 18.4. The number of pyridine rings is 1. The van der Waals surface area contributed by atoms with Crippen LogP contribution in [0.5, 0.6) is 0 Å². The van der Waals surface area contributed by atoms with Gasteiger partial charge in [0.05, 0.1) is 0 Å². The first kappa shape index (κ1) is 19.3. The summed E-state index contributed by atoms with van der Waals surface area (Å²) in [6.45, 7) is 14.4. The van der Waals surface area contributed by atoms with Crippen molar-refractivity contribution in [3.63, 3.8) is 0 Å². The van der Waals surface area contributed by atoms with Crippen LogP contribution in [0, 0.1) is 11.5 Å². The van der Waals surface area contributed by atoms with Crippen molar-refractivity contribution in [3.05, 3.63) is 65.9 Å². The standard InChI is InChI=1S/C24H26N.Ir/c1-22(2)19-14-17-12-13-25-21(16-10-8-7-9-11-16)18(17)15-20(19)23(3,4)24(22,5)6;/h7-10,12-15H,1-6H3;/q-1;. The Labute approximate surface area is 170 Å². The van der Waals surface area contributed by atoms with Gasteiger partial charge in [0, 0.05) is 26.3 Å². The molecule has 0 saturated carbocycles. The molecule has 1 aliphatic carbocycles. The van der Waals surface area contributed by atoms with E-state index in [1.807, 2.05) is 18.3 Å². The number of benzene rings is 2. The average molecular weight is 521 g/mol. The van der Waals surface area contributed by atoms with Gasteiger partial charge in [0.2, 0.25) is 0 Å². The first-order valence-corrected chi connectivity index (χ1v) is 9.09. The molecule has 26 heavy (non-hydrogen) atoms. The zero-order chi connectivity index (χ0) is 18.0. The fourth-order valence-electron chi connectivity index (χ4n) is 4.47. The molecule has 2 heteroatoms. The number of hydrogen-bond donors (Lipinski definition) is 0. The van der Waals surface area contributed by atoms with Crippen molar-refractivity contribution < 1.29 is 20.1 Å². The monoisotopic (exact) mass is 521 g/mol. The van der Waals surface area contributed by atoms with E-state index in [9.17, 15) is 0 Å². The molecule has 0 saturated heterocycles. The van der Waals surface area contributed by atoms with E-state index in [4.69, 9.17) is 4.98 Å². The van der Waals surface area contributed by atoms with Gasteiger partial charge in [-0.3, -0.25) is 0 Å². The second kappa shape index (κ2) is 6.01. The maximum Gasteiger partial charge on any atom is 0.0167 e. The third-order valence-corrected chi connectivity index (χ3v) is 7.34. The topological polar surface area (TPSA) is 12.9 Å². The van der Waals surface area contributed by atoms with Gasteiger partial charge in [-0.15, -0.1) is 35.9 Å². The van der Waals surface area contributed by atoms with E-state index in [2.05, 4.69) is 77.9 Å². The van der Waals surface area contributed by atoms with E-state index in [0.717, 1.165) is 11.3 Å². The van der Waals surface area contributed by atoms with Gasteiger partial charge in [0.15, 0.2) is 0 Å². The minimum atomic E-state index is 0. The number of fused-ring (bicyclic) bond motifs is 2. The number of rotatable bonds is 1. The first-order valence-electron chi connectivity index (χ1n) is 9.09. The molecule has 0 amide bonds. The fourth-order valence-corrected chi connectivity index (χ4v) is 4.47. The van der Waals surface area contributed by atoms with E-state index >= 15 is 0 Å². The molecule has 137 valence electrons. The zero-order valence-electron chi connectivity index (χ0n) is 16.4. The van der Waals surface area contributed by atoms with Crippen molar-refractivity contribution in [2.45, 2.75) is 52.4 Å². The average Bonchev–Trinajstić information content (AvgIpc) is 2.69. The van der Waals surface area contributed by atoms with Crippen LogP contribution in [0.3, 0.4) is 0 Å². The summed E-state index contributed by atoms with van der Waals surface area (Å²) in [7, 11) is 0. The Morgan fingerprint density at radius 2 is 1.50 bits per heavy atom. The van der Waals surface area contributed by atoms with Crippen LogP contribution in [-0.2, 0) is 30.9 Å². The zero-order valence-corrected chi connectivity index (χ0v) is 18.8. The molecule has 1 aromatic heterocycles. The Morgan fingerprint density at radius 3 is 2.12 bits per heavy atom. The van der Waals surface area contributed by atoms with Gasteiger partial charge in [0.1, 0.15) is 0 Å². The van der Waals surface area contributed by atoms with Crippen LogP contribution in [-0.4, -0.2) is 4.98 Å². The summed E-state index contributed by atoms with van der Waals surface area (Å²) < 4.78 is 0. The molecule has 4 rings (SSSR count).